The van der Waals surface area contributed by atoms with Crippen LogP contribution in [0.1, 0.15) is 31.4 Å². The van der Waals surface area contributed by atoms with E-state index in [2.05, 4.69) is 36.4 Å². The molecule has 0 spiro atoms. The normalized spacial score (nSPS) is 18.6. The Morgan fingerprint density at radius 1 is 0.906 bits per heavy atom. The molecule has 1 heterocycles. The van der Waals surface area contributed by atoms with Gasteiger partial charge >= 0.3 is 0 Å². The Hall–Kier alpha value is -3.46. The summed E-state index contributed by atoms with van der Waals surface area (Å²) in [6.45, 7) is 3.74. The molecule has 1 amide bonds. The Kier molecular flexibility index (Phi) is 6.65. The minimum absolute atomic E-state index is 0.0299. The number of carbonyl (C=O) groups excluding carboxylic acids is 2. The van der Waals surface area contributed by atoms with Gasteiger partial charge in [0.25, 0.3) is 0 Å². The molecule has 1 saturated heterocycles. The van der Waals surface area contributed by atoms with Crippen LogP contribution in [0.2, 0.25) is 0 Å². The fraction of sp³-hybridized carbons (Fsp3) is 0.241. The Morgan fingerprint density at radius 2 is 1.50 bits per heavy atom. The number of likely N-dealkylation sites (tertiary alicyclic amines) is 1. The monoisotopic (exact) mass is 423 g/mol. The SMILES string of the molecule is CC(C)C(=O)C1CC(Cc2ccc(-c3ccccc3)cc2)N(C=Cc2ccccc2)C1=O. The average Bonchev–Trinajstić information content (AvgIpc) is 3.13. The van der Waals surface area contributed by atoms with E-state index in [-0.39, 0.29) is 23.7 Å². The van der Waals surface area contributed by atoms with Crippen molar-refractivity contribution in [3.63, 3.8) is 0 Å². The van der Waals surface area contributed by atoms with Crippen LogP contribution < -0.4 is 0 Å². The predicted octanol–water partition coefficient (Wildman–Crippen LogP) is 6.01. The van der Waals surface area contributed by atoms with Crippen molar-refractivity contribution in [2.75, 3.05) is 0 Å². The first-order valence-corrected chi connectivity index (χ1v) is 11.3. The molecule has 0 bridgehead atoms. The maximum Gasteiger partial charge on any atom is 0.237 e. The molecule has 32 heavy (non-hydrogen) atoms. The molecule has 1 aliphatic heterocycles. The fourth-order valence-corrected chi connectivity index (χ4v) is 4.33. The van der Waals surface area contributed by atoms with Gasteiger partial charge in [-0.05, 0) is 41.2 Å². The summed E-state index contributed by atoms with van der Waals surface area (Å²) in [7, 11) is 0. The van der Waals surface area contributed by atoms with Gasteiger partial charge in [0.1, 0.15) is 5.78 Å². The Balaban J connectivity index is 1.55. The van der Waals surface area contributed by atoms with Gasteiger partial charge in [0, 0.05) is 18.2 Å². The van der Waals surface area contributed by atoms with Crippen LogP contribution in [0.25, 0.3) is 17.2 Å². The van der Waals surface area contributed by atoms with Crippen LogP contribution in [0.15, 0.2) is 91.1 Å². The van der Waals surface area contributed by atoms with E-state index in [1.165, 1.54) is 16.7 Å². The lowest BCUT2D eigenvalue weighted by atomic mass is 9.91. The third-order valence-electron chi connectivity index (χ3n) is 6.13. The van der Waals surface area contributed by atoms with E-state index < -0.39 is 5.92 Å². The Labute approximate surface area is 190 Å². The fourth-order valence-electron chi connectivity index (χ4n) is 4.33. The molecule has 0 aliphatic carbocycles. The third-order valence-corrected chi connectivity index (χ3v) is 6.13. The summed E-state index contributed by atoms with van der Waals surface area (Å²) in [5.41, 5.74) is 4.55. The molecule has 2 atom stereocenters. The van der Waals surface area contributed by atoms with Gasteiger partial charge in [-0.2, -0.15) is 0 Å². The number of amides is 1. The van der Waals surface area contributed by atoms with E-state index >= 15 is 0 Å². The zero-order valence-electron chi connectivity index (χ0n) is 18.6. The number of hydrogen-bond acceptors (Lipinski definition) is 2. The van der Waals surface area contributed by atoms with E-state index in [4.69, 9.17) is 0 Å². The first-order valence-electron chi connectivity index (χ1n) is 11.3. The Morgan fingerprint density at radius 3 is 2.12 bits per heavy atom. The molecule has 1 aliphatic rings. The minimum atomic E-state index is -0.552. The van der Waals surface area contributed by atoms with Gasteiger partial charge in [0.2, 0.25) is 5.91 Å². The van der Waals surface area contributed by atoms with Crippen molar-refractivity contribution in [2.45, 2.75) is 32.7 Å². The molecule has 0 N–H and O–H groups in total. The molecule has 3 nitrogen and oxygen atoms in total. The van der Waals surface area contributed by atoms with E-state index in [0.717, 1.165) is 12.0 Å². The average molecular weight is 424 g/mol. The van der Waals surface area contributed by atoms with Crippen LogP contribution in [0, 0.1) is 11.8 Å². The standard InChI is InChI=1S/C29H29NO2/c1-21(2)28(31)27-20-26(30(29(27)32)18-17-22-9-5-3-6-10-22)19-23-13-15-25(16-14-23)24-11-7-4-8-12-24/h3-18,21,26-27H,19-20H2,1-2H3. The lowest BCUT2D eigenvalue weighted by Crippen LogP contribution is -2.32. The van der Waals surface area contributed by atoms with Gasteiger partial charge in [-0.15, -0.1) is 0 Å². The smallest absolute Gasteiger partial charge is 0.237 e. The van der Waals surface area contributed by atoms with Crippen molar-refractivity contribution in [3.8, 4) is 11.1 Å². The van der Waals surface area contributed by atoms with Gasteiger partial charge in [0.15, 0.2) is 0 Å². The number of nitrogens with zero attached hydrogens (tertiary/aromatic N) is 1. The van der Waals surface area contributed by atoms with Gasteiger partial charge in [0.05, 0.1) is 5.92 Å². The molecule has 0 aromatic heterocycles. The summed E-state index contributed by atoms with van der Waals surface area (Å²) in [5.74, 6) is -0.742. The largest absolute Gasteiger partial charge is 0.315 e. The van der Waals surface area contributed by atoms with Gasteiger partial charge in [-0.3, -0.25) is 9.59 Å². The van der Waals surface area contributed by atoms with Crippen LogP contribution >= 0.6 is 0 Å². The van der Waals surface area contributed by atoms with Crippen molar-refractivity contribution in [1.29, 1.82) is 0 Å². The lowest BCUT2D eigenvalue weighted by molar-refractivity contribution is -0.137. The number of rotatable bonds is 7. The molecule has 3 aromatic carbocycles. The van der Waals surface area contributed by atoms with Crippen molar-refractivity contribution in [2.24, 2.45) is 11.8 Å². The molecule has 3 heteroatoms. The quantitative estimate of drug-likeness (QED) is 0.437. The molecule has 1 fully saturated rings. The maximum absolute atomic E-state index is 13.2. The topological polar surface area (TPSA) is 37.4 Å². The van der Waals surface area contributed by atoms with Crippen LogP contribution in [0.5, 0.6) is 0 Å². The molecule has 2 unspecified atom stereocenters. The second-order valence-electron chi connectivity index (χ2n) is 8.74. The van der Waals surface area contributed by atoms with Crippen LogP contribution in [0.3, 0.4) is 0 Å². The molecule has 4 rings (SSSR count). The number of hydrogen-bond donors (Lipinski definition) is 0. The van der Waals surface area contributed by atoms with E-state index in [9.17, 15) is 9.59 Å². The van der Waals surface area contributed by atoms with Crippen molar-refractivity contribution < 1.29 is 9.59 Å². The van der Waals surface area contributed by atoms with Crippen molar-refractivity contribution >= 4 is 17.8 Å². The number of Topliss-reactive ketones (excluding diaryl/α,β-unsaturated/α-hetero) is 1. The molecule has 0 radical (unpaired) electrons. The lowest BCUT2D eigenvalue weighted by Gasteiger charge is -2.21. The van der Waals surface area contributed by atoms with E-state index in [0.29, 0.717) is 6.42 Å². The third kappa shape index (κ3) is 4.88. The highest BCUT2D eigenvalue weighted by Gasteiger charge is 2.42. The number of carbonyl (C=O) groups is 2. The zero-order chi connectivity index (χ0) is 22.5. The van der Waals surface area contributed by atoms with E-state index in [1.807, 2.05) is 74.7 Å². The summed E-state index contributed by atoms with van der Waals surface area (Å²) in [5, 5.41) is 0. The summed E-state index contributed by atoms with van der Waals surface area (Å²) in [6, 6.07) is 28.7. The van der Waals surface area contributed by atoms with Gasteiger partial charge in [-0.1, -0.05) is 98.8 Å². The summed E-state index contributed by atoms with van der Waals surface area (Å²) < 4.78 is 0. The van der Waals surface area contributed by atoms with E-state index in [1.54, 1.807) is 4.90 Å². The summed E-state index contributed by atoms with van der Waals surface area (Å²) in [6.07, 6.45) is 5.09. The molecule has 0 saturated carbocycles. The van der Waals surface area contributed by atoms with Gasteiger partial charge < -0.3 is 4.90 Å². The zero-order valence-corrected chi connectivity index (χ0v) is 18.6. The van der Waals surface area contributed by atoms with Crippen molar-refractivity contribution in [1.82, 2.24) is 4.90 Å². The highest BCUT2D eigenvalue weighted by Crippen LogP contribution is 2.31. The van der Waals surface area contributed by atoms with Gasteiger partial charge in [-0.25, -0.2) is 0 Å². The molecular weight excluding hydrogens is 394 g/mol. The summed E-state index contributed by atoms with van der Waals surface area (Å²) >= 11 is 0. The highest BCUT2D eigenvalue weighted by atomic mass is 16.2. The molecule has 162 valence electrons. The predicted molar refractivity (Wildman–Crippen MR) is 130 cm³/mol. The van der Waals surface area contributed by atoms with Crippen LogP contribution in [-0.2, 0) is 16.0 Å². The second-order valence-corrected chi connectivity index (χ2v) is 8.74. The number of ketones is 1. The molecule has 3 aromatic rings. The maximum atomic E-state index is 13.2. The van der Waals surface area contributed by atoms with Crippen molar-refractivity contribution in [3.05, 3.63) is 102 Å². The minimum Gasteiger partial charge on any atom is -0.315 e. The summed E-state index contributed by atoms with van der Waals surface area (Å²) in [4.78, 5) is 27.7. The van der Waals surface area contributed by atoms with Crippen LogP contribution in [-0.4, -0.2) is 22.6 Å². The van der Waals surface area contributed by atoms with Crippen LogP contribution in [0.4, 0.5) is 0 Å². The Bertz CT molecular complexity index is 1090. The first-order chi connectivity index (χ1) is 15.5. The molecular formula is C29H29NO2. The number of benzene rings is 3. The second kappa shape index (κ2) is 9.78. The highest BCUT2D eigenvalue weighted by molar-refractivity contribution is 6.04. The first kappa shape index (κ1) is 21.8.